The van der Waals surface area contributed by atoms with Gasteiger partial charge in [-0.1, -0.05) is 108 Å². The van der Waals surface area contributed by atoms with Crippen LogP contribution >= 0.6 is 34.8 Å². The van der Waals surface area contributed by atoms with E-state index in [1.807, 2.05) is 30.3 Å². The molecule has 4 aromatic rings. The topological polar surface area (TPSA) is 86.8 Å². The van der Waals surface area contributed by atoms with Crippen LogP contribution in [0.2, 0.25) is 15.1 Å². The van der Waals surface area contributed by atoms with Gasteiger partial charge in [-0.15, -0.1) is 0 Å². The van der Waals surface area contributed by atoms with Crippen LogP contribution in [0.1, 0.15) is 42.4 Å². The molecule has 0 aliphatic heterocycles. The molecule has 246 valence electrons. The van der Waals surface area contributed by atoms with Gasteiger partial charge in [-0.05, 0) is 72.9 Å². The smallest absolute Gasteiger partial charge is 0.264 e. The van der Waals surface area contributed by atoms with Gasteiger partial charge in [0.05, 0.1) is 20.6 Å². The lowest BCUT2D eigenvalue weighted by molar-refractivity contribution is -0.140. The van der Waals surface area contributed by atoms with Crippen molar-refractivity contribution < 1.29 is 18.0 Å². The summed E-state index contributed by atoms with van der Waals surface area (Å²) in [5.74, 6) is -0.872. The maximum Gasteiger partial charge on any atom is 0.264 e. The average molecular weight is 713 g/mol. The highest BCUT2D eigenvalue weighted by Gasteiger charge is 2.36. The maximum atomic E-state index is 14.7. The zero-order chi connectivity index (χ0) is 33.6. The first-order chi connectivity index (χ1) is 22.5. The Kier molecular flexibility index (Phi) is 11.5. The molecule has 47 heavy (non-hydrogen) atoms. The Morgan fingerprint density at radius 1 is 0.809 bits per heavy atom. The van der Waals surface area contributed by atoms with Crippen molar-refractivity contribution in [1.82, 2.24) is 10.2 Å². The van der Waals surface area contributed by atoms with Crippen LogP contribution in [-0.2, 0) is 32.6 Å². The summed E-state index contributed by atoms with van der Waals surface area (Å²) in [4.78, 5) is 30.3. The fourth-order valence-electron chi connectivity index (χ4n) is 5.86. The highest BCUT2D eigenvalue weighted by Crippen LogP contribution is 2.32. The number of carbonyl (C=O) groups excluding carboxylic acids is 2. The predicted molar refractivity (Wildman–Crippen MR) is 189 cm³/mol. The van der Waals surface area contributed by atoms with Crippen LogP contribution in [0.4, 0.5) is 5.69 Å². The lowest BCUT2D eigenvalue weighted by Gasteiger charge is -2.34. The summed E-state index contributed by atoms with van der Waals surface area (Å²) in [5, 5.41) is 4.18. The molecular weight excluding hydrogens is 677 g/mol. The molecule has 0 aromatic heterocycles. The van der Waals surface area contributed by atoms with E-state index in [0.29, 0.717) is 26.2 Å². The number of amides is 2. The number of hydrogen-bond acceptors (Lipinski definition) is 4. The zero-order valence-electron chi connectivity index (χ0n) is 25.9. The summed E-state index contributed by atoms with van der Waals surface area (Å²) in [5.41, 5.74) is 2.25. The van der Waals surface area contributed by atoms with Gasteiger partial charge in [0.1, 0.15) is 12.6 Å². The zero-order valence-corrected chi connectivity index (χ0v) is 29.0. The van der Waals surface area contributed by atoms with Gasteiger partial charge in [-0.25, -0.2) is 8.42 Å². The SMILES string of the molecule is Cc1c(Cl)cccc1N(CC(=O)N(Cc1ccc(Cl)c(Cl)c1)[C@@H](Cc1ccccc1)C(=O)NC1CCCC1)S(=O)(=O)c1ccccc1. The summed E-state index contributed by atoms with van der Waals surface area (Å²) < 4.78 is 29.5. The Balaban J connectivity index is 1.60. The number of nitrogens with one attached hydrogen (secondary N) is 1. The molecule has 2 amide bonds. The molecule has 1 fully saturated rings. The van der Waals surface area contributed by atoms with Gasteiger partial charge in [-0.2, -0.15) is 0 Å². The van der Waals surface area contributed by atoms with Crippen molar-refractivity contribution in [3.05, 3.63) is 129 Å². The van der Waals surface area contributed by atoms with Crippen molar-refractivity contribution in [2.24, 2.45) is 0 Å². The van der Waals surface area contributed by atoms with Crippen molar-refractivity contribution in [2.75, 3.05) is 10.8 Å². The molecule has 0 radical (unpaired) electrons. The number of anilines is 1. The van der Waals surface area contributed by atoms with Crippen LogP contribution in [-0.4, -0.2) is 43.8 Å². The molecule has 4 aromatic carbocycles. The fraction of sp³-hybridized carbons (Fsp3) is 0.278. The molecule has 0 heterocycles. The number of sulfonamides is 1. The van der Waals surface area contributed by atoms with E-state index in [1.165, 1.54) is 17.0 Å². The molecule has 0 saturated heterocycles. The first-order valence-corrected chi connectivity index (χ1v) is 18.0. The van der Waals surface area contributed by atoms with Crippen LogP contribution in [0, 0.1) is 6.92 Å². The van der Waals surface area contributed by atoms with Crippen molar-refractivity contribution >= 4 is 62.3 Å². The van der Waals surface area contributed by atoms with E-state index in [9.17, 15) is 18.0 Å². The molecule has 1 N–H and O–H groups in total. The van der Waals surface area contributed by atoms with E-state index in [4.69, 9.17) is 34.8 Å². The first kappa shape index (κ1) is 34.8. The monoisotopic (exact) mass is 711 g/mol. The fourth-order valence-corrected chi connectivity index (χ4v) is 7.84. The van der Waals surface area contributed by atoms with Crippen LogP contribution in [0.5, 0.6) is 0 Å². The quantitative estimate of drug-likeness (QED) is 0.162. The minimum Gasteiger partial charge on any atom is -0.352 e. The van der Waals surface area contributed by atoms with Gasteiger partial charge in [0.15, 0.2) is 0 Å². The van der Waals surface area contributed by atoms with Gasteiger partial charge in [0, 0.05) is 24.0 Å². The Morgan fingerprint density at radius 3 is 2.13 bits per heavy atom. The Labute approximate surface area is 291 Å². The second kappa shape index (κ2) is 15.6. The van der Waals surface area contributed by atoms with Crippen LogP contribution in [0.3, 0.4) is 0 Å². The lowest BCUT2D eigenvalue weighted by atomic mass is 10.0. The summed E-state index contributed by atoms with van der Waals surface area (Å²) in [6, 6.07) is 26.4. The van der Waals surface area contributed by atoms with Gasteiger partial charge < -0.3 is 10.2 Å². The Hall–Kier alpha value is -3.56. The number of nitrogens with zero attached hydrogens (tertiary/aromatic N) is 2. The van der Waals surface area contributed by atoms with Gasteiger partial charge in [0.25, 0.3) is 10.0 Å². The van der Waals surface area contributed by atoms with E-state index in [0.717, 1.165) is 35.6 Å². The van der Waals surface area contributed by atoms with E-state index >= 15 is 0 Å². The maximum absolute atomic E-state index is 14.7. The average Bonchev–Trinajstić information content (AvgIpc) is 3.58. The molecule has 0 unspecified atom stereocenters. The molecule has 0 spiro atoms. The molecule has 1 atom stereocenters. The summed E-state index contributed by atoms with van der Waals surface area (Å²) in [7, 11) is -4.24. The molecule has 5 rings (SSSR count). The number of halogens is 3. The lowest BCUT2D eigenvalue weighted by Crippen LogP contribution is -2.54. The van der Waals surface area contributed by atoms with Crippen LogP contribution < -0.4 is 9.62 Å². The summed E-state index contributed by atoms with van der Waals surface area (Å²) in [6.45, 7) is 1.11. The third-order valence-corrected chi connectivity index (χ3v) is 11.3. The molecule has 11 heteroatoms. The first-order valence-electron chi connectivity index (χ1n) is 15.4. The van der Waals surface area contributed by atoms with Crippen LogP contribution in [0.25, 0.3) is 0 Å². The summed E-state index contributed by atoms with van der Waals surface area (Å²) in [6.07, 6.45) is 3.98. The third kappa shape index (κ3) is 8.49. The number of hydrogen-bond donors (Lipinski definition) is 1. The van der Waals surface area contributed by atoms with Gasteiger partial charge in [0.2, 0.25) is 11.8 Å². The third-order valence-electron chi connectivity index (χ3n) is 8.43. The molecule has 7 nitrogen and oxygen atoms in total. The standard InChI is InChI=1S/C36H36Cl3N3O4S/c1-25-30(37)17-10-18-33(25)42(47(45,46)29-15-6-3-7-16-29)24-35(43)41(23-27-19-20-31(38)32(39)21-27)34(22-26-11-4-2-5-12-26)36(44)40-28-13-8-9-14-28/h2-7,10-12,15-21,28,34H,8-9,13-14,22-24H2,1H3,(H,40,44)/t34-/m0/s1. The van der Waals surface area contributed by atoms with E-state index in [-0.39, 0.29) is 35.5 Å². The van der Waals surface area contributed by atoms with E-state index < -0.39 is 28.5 Å². The molecule has 1 aliphatic rings. The van der Waals surface area contributed by atoms with Crippen molar-refractivity contribution in [3.8, 4) is 0 Å². The predicted octanol–water partition coefficient (Wildman–Crippen LogP) is 7.85. The van der Waals surface area contributed by atoms with Crippen molar-refractivity contribution in [3.63, 3.8) is 0 Å². The van der Waals surface area contributed by atoms with Crippen LogP contribution in [0.15, 0.2) is 102 Å². The Morgan fingerprint density at radius 2 is 1.47 bits per heavy atom. The number of benzene rings is 4. The Bertz CT molecular complexity index is 1820. The number of carbonyl (C=O) groups is 2. The van der Waals surface area contributed by atoms with E-state index in [1.54, 1.807) is 61.5 Å². The van der Waals surface area contributed by atoms with Crippen molar-refractivity contribution in [1.29, 1.82) is 0 Å². The molecule has 0 bridgehead atoms. The van der Waals surface area contributed by atoms with Crippen molar-refractivity contribution in [2.45, 2.75) is 62.6 Å². The second-order valence-corrected chi connectivity index (χ2v) is 14.8. The number of rotatable bonds is 12. The van der Waals surface area contributed by atoms with Gasteiger partial charge >= 0.3 is 0 Å². The molecule has 1 saturated carbocycles. The summed E-state index contributed by atoms with van der Waals surface area (Å²) >= 11 is 19.0. The largest absolute Gasteiger partial charge is 0.352 e. The highest BCUT2D eigenvalue weighted by molar-refractivity contribution is 7.92. The minimum absolute atomic E-state index is 0.00627. The molecular formula is C36H36Cl3N3O4S. The second-order valence-electron chi connectivity index (χ2n) is 11.7. The molecule has 1 aliphatic carbocycles. The minimum atomic E-state index is -4.24. The van der Waals surface area contributed by atoms with E-state index in [2.05, 4.69) is 5.32 Å². The van der Waals surface area contributed by atoms with Gasteiger partial charge in [-0.3, -0.25) is 13.9 Å². The normalized spacial score (nSPS) is 14.0. The highest BCUT2D eigenvalue weighted by atomic mass is 35.5.